The van der Waals surface area contributed by atoms with Crippen molar-refractivity contribution in [3.8, 4) is 17.2 Å². The number of amides is 1. The summed E-state index contributed by atoms with van der Waals surface area (Å²) in [7, 11) is 4.80. The molecule has 31 heavy (non-hydrogen) atoms. The van der Waals surface area contributed by atoms with Crippen LogP contribution in [0.15, 0.2) is 65.3 Å². The van der Waals surface area contributed by atoms with E-state index in [1.807, 2.05) is 54.6 Å². The van der Waals surface area contributed by atoms with Crippen molar-refractivity contribution in [2.75, 3.05) is 21.3 Å². The fraction of sp³-hybridized carbons (Fsp3) is 0.208. The highest BCUT2D eigenvalue weighted by atomic mass is 16.5. The van der Waals surface area contributed by atoms with E-state index >= 15 is 0 Å². The summed E-state index contributed by atoms with van der Waals surface area (Å²) < 4.78 is 21.5. The van der Waals surface area contributed by atoms with E-state index in [4.69, 9.17) is 18.6 Å². The van der Waals surface area contributed by atoms with Crippen molar-refractivity contribution in [1.29, 1.82) is 0 Å². The first-order valence-corrected chi connectivity index (χ1v) is 9.80. The van der Waals surface area contributed by atoms with Crippen LogP contribution in [0.2, 0.25) is 0 Å². The van der Waals surface area contributed by atoms with Crippen molar-refractivity contribution in [1.82, 2.24) is 9.88 Å². The molecule has 0 bridgehead atoms. The molecule has 0 spiro atoms. The van der Waals surface area contributed by atoms with Crippen LogP contribution in [0.1, 0.15) is 21.8 Å². The van der Waals surface area contributed by atoms with Crippen molar-refractivity contribution in [3.63, 3.8) is 0 Å². The molecule has 0 saturated carbocycles. The number of methoxy groups -OCH3 is 3. The van der Waals surface area contributed by atoms with Gasteiger partial charge in [-0.1, -0.05) is 6.07 Å². The van der Waals surface area contributed by atoms with Gasteiger partial charge in [0.2, 0.25) is 0 Å². The fourth-order valence-electron chi connectivity index (χ4n) is 3.51. The van der Waals surface area contributed by atoms with Crippen molar-refractivity contribution in [3.05, 3.63) is 77.9 Å². The second-order valence-electron chi connectivity index (χ2n) is 7.07. The van der Waals surface area contributed by atoms with E-state index in [9.17, 15) is 4.79 Å². The Hall–Kier alpha value is -3.87. The Bertz CT molecular complexity index is 1180. The number of nitrogens with zero attached hydrogens (tertiary/aromatic N) is 1. The minimum absolute atomic E-state index is 0.138. The van der Waals surface area contributed by atoms with Gasteiger partial charge in [0, 0.05) is 23.5 Å². The number of rotatable bonds is 8. The Balaban J connectivity index is 1.65. The average molecular weight is 420 g/mol. The monoisotopic (exact) mass is 420 g/mol. The molecule has 0 radical (unpaired) electrons. The lowest BCUT2D eigenvalue weighted by atomic mass is 10.1. The van der Waals surface area contributed by atoms with E-state index in [1.165, 1.54) is 0 Å². The van der Waals surface area contributed by atoms with E-state index in [0.29, 0.717) is 36.0 Å². The zero-order valence-electron chi connectivity index (χ0n) is 17.7. The summed E-state index contributed by atoms with van der Waals surface area (Å²) >= 11 is 0. The molecule has 2 aromatic carbocycles. The van der Waals surface area contributed by atoms with E-state index < -0.39 is 0 Å². The molecule has 0 fully saturated rings. The number of H-pyrrole nitrogens is 1. The van der Waals surface area contributed by atoms with Gasteiger partial charge in [0.1, 0.15) is 17.2 Å². The number of aromatic nitrogens is 1. The SMILES string of the molecule is COc1ccc2cc(C(=O)N(Cc3ccc(OC)c(OC)c3)Cc3ccco3)[nH]c2c1. The average Bonchev–Trinajstić information content (AvgIpc) is 3.47. The van der Waals surface area contributed by atoms with Crippen LogP contribution < -0.4 is 14.2 Å². The van der Waals surface area contributed by atoms with Crippen LogP contribution in [0, 0.1) is 0 Å². The molecule has 1 N–H and O–H groups in total. The van der Waals surface area contributed by atoms with Gasteiger partial charge in [0.25, 0.3) is 5.91 Å². The molecule has 7 heteroatoms. The van der Waals surface area contributed by atoms with E-state index in [2.05, 4.69) is 4.98 Å². The maximum absolute atomic E-state index is 13.4. The van der Waals surface area contributed by atoms with Crippen molar-refractivity contribution < 1.29 is 23.4 Å². The molecule has 7 nitrogen and oxygen atoms in total. The number of fused-ring (bicyclic) bond motifs is 1. The van der Waals surface area contributed by atoms with Crippen LogP contribution in [0.4, 0.5) is 0 Å². The molecule has 0 saturated heterocycles. The topological polar surface area (TPSA) is 76.9 Å². The molecule has 4 rings (SSSR count). The van der Waals surface area contributed by atoms with Gasteiger partial charge in [0.05, 0.1) is 34.1 Å². The third kappa shape index (κ3) is 4.35. The number of nitrogens with one attached hydrogen (secondary N) is 1. The zero-order chi connectivity index (χ0) is 21.8. The van der Waals surface area contributed by atoms with Gasteiger partial charge in [-0.05, 0) is 48.0 Å². The van der Waals surface area contributed by atoms with Gasteiger partial charge in [-0.25, -0.2) is 0 Å². The van der Waals surface area contributed by atoms with Gasteiger partial charge in [0.15, 0.2) is 11.5 Å². The number of carbonyl (C=O) groups is 1. The van der Waals surface area contributed by atoms with Crippen LogP contribution in [0.25, 0.3) is 10.9 Å². The van der Waals surface area contributed by atoms with Gasteiger partial charge < -0.3 is 28.5 Å². The van der Waals surface area contributed by atoms with Crippen LogP contribution in [0.3, 0.4) is 0 Å². The van der Waals surface area contributed by atoms with Gasteiger partial charge in [-0.3, -0.25) is 4.79 Å². The van der Waals surface area contributed by atoms with Gasteiger partial charge >= 0.3 is 0 Å². The summed E-state index contributed by atoms with van der Waals surface area (Å²) in [6.07, 6.45) is 1.60. The van der Waals surface area contributed by atoms with Crippen LogP contribution in [0.5, 0.6) is 17.2 Å². The minimum atomic E-state index is -0.138. The number of furan rings is 1. The lowest BCUT2D eigenvalue weighted by molar-refractivity contribution is 0.0712. The number of carbonyl (C=O) groups excluding carboxylic acids is 1. The molecule has 0 aliphatic carbocycles. The third-order valence-corrected chi connectivity index (χ3v) is 5.10. The summed E-state index contributed by atoms with van der Waals surface area (Å²) in [5, 5.41) is 0.938. The summed E-state index contributed by atoms with van der Waals surface area (Å²) in [6, 6.07) is 16.8. The Morgan fingerprint density at radius 1 is 0.935 bits per heavy atom. The molecule has 2 aromatic heterocycles. The molecular formula is C24H24N2O5. The highest BCUT2D eigenvalue weighted by Gasteiger charge is 2.21. The standard InChI is InChI=1S/C24H24N2O5/c1-28-18-8-7-17-12-21(25-20(17)13-18)24(27)26(15-19-5-4-10-31-19)14-16-6-9-22(29-2)23(11-16)30-3/h4-13,25H,14-15H2,1-3H3. The quantitative estimate of drug-likeness (QED) is 0.450. The molecule has 0 aliphatic rings. The number of hydrogen-bond donors (Lipinski definition) is 1. The first-order chi connectivity index (χ1) is 15.1. The van der Waals surface area contributed by atoms with Crippen molar-refractivity contribution in [2.45, 2.75) is 13.1 Å². The minimum Gasteiger partial charge on any atom is -0.497 e. The third-order valence-electron chi connectivity index (χ3n) is 5.10. The Morgan fingerprint density at radius 3 is 2.48 bits per heavy atom. The molecule has 0 atom stereocenters. The van der Waals surface area contributed by atoms with Crippen LogP contribution in [-0.4, -0.2) is 37.1 Å². The highest BCUT2D eigenvalue weighted by Crippen LogP contribution is 2.29. The summed E-state index contributed by atoms with van der Waals surface area (Å²) in [4.78, 5) is 18.4. The summed E-state index contributed by atoms with van der Waals surface area (Å²) in [5.74, 6) is 2.54. The van der Waals surface area contributed by atoms with E-state index in [1.54, 1.807) is 32.5 Å². The maximum atomic E-state index is 13.4. The normalized spacial score (nSPS) is 10.8. The van der Waals surface area contributed by atoms with Crippen LogP contribution >= 0.6 is 0 Å². The number of aromatic amines is 1. The lowest BCUT2D eigenvalue weighted by Gasteiger charge is -2.22. The second-order valence-corrected chi connectivity index (χ2v) is 7.07. The molecule has 1 amide bonds. The first kappa shape index (κ1) is 20.4. The lowest BCUT2D eigenvalue weighted by Crippen LogP contribution is -2.30. The highest BCUT2D eigenvalue weighted by molar-refractivity contribution is 5.98. The second kappa shape index (κ2) is 8.87. The van der Waals surface area contributed by atoms with Crippen molar-refractivity contribution in [2.24, 2.45) is 0 Å². The summed E-state index contributed by atoms with van der Waals surface area (Å²) in [6.45, 7) is 0.706. The van der Waals surface area contributed by atoms with Crippen molar-refractivity contribution >= 4 is 16.8 Å². The Morgan fingerprint density at radius 2 is 1.77 bits per heavy atom. The van der Waals surface area contributed by atoms with E-state index in [0.717, 1.165) is 22.2 Å². The van der Waals surface area contributed by atoms with E-state index in [-0.39, 0.29) is 5.91 Å². The predicted molar refractivity (Wildman–Crippen MR) is 117 cm³/mol. The number of hydrogen-bond acceptors (Lipinski definition) is 5. The fourth-order valence-corrected chi connectivity index (χ4v) is 3.51. The zero-order valence-corrected chi connectivity index (χ0v) is 17.7. The first-order valence-electron chi connectivity index (χ1n) is 9.80. The number of ether oxygens (including phenoxy) is 3. The molecule has 0 unspecified atom stereocenters. The van der Waals surface area contributed by atoms with Gasteiger partial charge in [-0.15, -0.1) is 0 Å². The maximum Gasteiger partial charge on any atom is 0.271 e. The molecule has 160 valence electrons. The number of benzene rings is 2. The Kier molecular flexibility index (Phi) is 5.84. The largest absolute Gasteiger partial charge is 0.497 e. The molecule has 0 aliphatic heterocycles. The molecular weight excluding hydrogens is 396 g/mol. The molecule has 4 aromatic rings. The summed E-state index contributed by atoms with van der Waals surface area (Å²) in [5.41, 5.74) is 2.25. The van der Waals surface area contributed by atoms with Crippen LogP contribution in [-0.2, 0) is 13.1 Å². The molecule has 2 heterocycles. The Labute approximate surface area is 180 Å². The van der Waals surface area contributed by atoms with Gasteiger partial charge in [-0.2, -0.15) is 0 Å². The predicted octanol–water partition coefficient (Wildman–Crippen LogP) is 4.63. The smallest absolute Gasteiger partial charge is 0.271 e.